The minimum absolute atomic E-state index is 0.00589. The molecular formula is C16H20FN3O3S. The Bertz CT molecular complexity index is 840. The average molecular weight is 353 g/mol. The molecule has 1 aromatic carbocycles. The van der Waals surface area contributed by atoms with E-state index in [1.165, 1.54) is 12.3 Å². The molecule has 0 spiro atoms. The van der Waals surface area contributed by atoms with Gasteiger partial charge in [0.05, 0.1) is 18.8 Å². The number of halogens is 1. The quantitative estimate of drug-likeness (QED) is 0.860. The number of hydrogen-bond acceptors (Lipinski definition) is 6. The molecule has 0 fully saturated rings. The Kier molecular flexibility index (Phi) is 5.38. The van der Waals surface area contributed by atoms with Crippen molar-refractivity contribution < 1.29 is 17.5 Å². The topological polar surface area (TPSA) is 81.2 Å². The third-order valence-corrected chi connectivity index (χ3v) is 4.48. The molecule has 0 bridgehead atoms. The number of aryl methyl sites for hydroxylation is 1. The van der Waals surface area contributed by atoms with E-state index in [1.54, 1.807) is 32.9 Å². The third kappa shape index (κ3) is 4.19. The van der Waals surface area contributed by atoms with Gasteiger partial charge in [-0.25, -0.2) is 22.8 Å². The van der Waals surface area contributed by atoms with E-state index in [0.717, 1.165) is 6.26 Å². The van der Waals surface area contributed by atoms with Gasteiger partial charge in [0.25, 0.3) is 0 Å². The van der Waals surface area contributed by atoms with Crippen LogP contribution in [0.2, 0.25) is 0 Å². The SMILES string of the molecule is CCOc1ccc([C@@H](C)Nc2nc(C)ncc2S(C)(=O)=O)cc1F. The van der Waals surface area contributed by atoms with Crippen LogP contribution in [0.4, 0.5) is 10.2 Å². The molecule has 2 aromatic rings. The fourth-order valence-electron chi connectivity index (χ4n) is 2.18. The molecule has 0 aliphatic heterocycles. The van der Waals surface area contributed by atoms with E-state index < -0.39 is 15.7 Å². The predicted octanol–water partition coefficient (Wildman–Crippen LogP) is 2.90. The zero-order chi connectivity index (χ0) is 17.9. The summed E-state index contributed by atoms with van der Waals surface area (Å²) in [6.45, 7) is 5.61. The zero-order valence-corrected chi connectivity index (χ0v) is 14.8. The second-order valence-electron chi connectivity index (χ2n) is 5.39. The summed E-state index contributed by atoms with van der Waals surface area (Å²) in [5.41, 5.74) is 0.645. The molecule has 8 heteroatoms. The van der Waals surface area contributed by atoms with Crippen LogP contribution in [0.1, 0.15) is 31.3 Å². The predicted molar refractivity (Wildman–Crippen MR) is 89.5 cm³/mol. The highest BCUT2D eigenvalue weighted by Crippen LogP contribution is 2.26. The van der Waals surface area contributed by atoms with Crippen LogP contribution in [0.3, 0.4) is 0 Å². The van der Waals surface area contributed by atoms with Crippen molar-refractivity contribution in [2.24, 2.45) is 0 Å². The van der Waals surface area contributed by atoms with E-state index >= 15 is 0 Å². The van der Waals surface area contributed by atoms with Crippen molar-refractivity contribution in [2.75, 3.05) is 18.2 Å². The first-order valence-corrected chi connectivity index (χ1v) is 9.34. The van der Waals surface area contributed by atoms with Gasteiger partial charge in [0.1, 0.15) is 16.5 Å². The number of hydrogen-bond donors (Lipinski definition) is 1. The molecule has 0 aliphatic rings. The number of aromatic nitrogens is 2. The van der Waals surface area contributed by atoms with Gasteiger partial charge < -0.3 is 10.1 Å². The van der Waals surface area contributed by atoms with Gasteiger partial charge in [-0.2, -0.15) is 0 Å². The van der Waals surface area contributed by atoms with Gasteiger partial charge in [0.15, 0.2) is 21.4 Å². The molecule has 2 rings (SSSR count). The highest BCUT2D eigenvalue weighted by molar-refractivity contribution is 7.90. The summed E-state index contributed by atoms with van der Waals surface area (Å²) < 4.78 is 42.9. The maximum absolute atomic E-state index is 14.0. The molecule has 1 atom stereocenters. The van der Waals surface area contributed by atoms with Crippen molar-refractivity contribution in [1.29, 1.82) is 0 Å². The summed E-state index contributed by atoms with van der Waals surface area (Å²) in [4.78, 5) is 8.09. The van der Waals surface area contributed by atoms with Crippen molar-refractivity contribution in [3.05, 3.63) is 41.6 Å². The van der Waals surface area contributed by atoms with Crippen LogP contribution in [-0.4, -0.2) is 31.2 Å². The second-order valence-corrected chi connectivity index (χ2v) is 7.38. The van der Waals surface area contributed by atoms with E-state index in [0.29, 0.717) is 18.0 Å². The Morgan fingerprint density at radius 2 is 2.08 bits per heavy atom. The van der Waals surface area contributed by atoms with Crippen LogP contribution < -0.4 is 10.1 Å². The summed E-state index contributed by atoms with van der Waals surface area (Å²) in [6.07, 6.45) is 2.36. The molecular weight excluding hydrogens is 333 g/mol. The first kappa shape index (κ1) is 18.1. The molecule has 0 radical (unpaired) electrons. The number of anilines is 1. The summed E-state index contributed by atoms with van der Waals surface area (Å²) in [6, 6.07) is 4.27. The largest absolute Gasteiger partial charge is 0.491 e. The van der Waals surface area contributed by atoms with Crippen molar-refractivity contribution in [3.8, 4) is 5.75 Å². The van der Waals surface area contributed by atoms with Crippen molar-refractivity contribution >= 4 is 15.7 Å². The maximum atomic E-state index is 14.0. The van der Waals surface area contributed by atoms with E-state index in [9.17, 15) is 12.8 Å². The molecule has 0 saturated carbocycles. The minimum atomic E-state index is -3.48. The van der Waals surface area contributed by atoms with Crippen molar-refractivity contribution in [2.45, 2.75) is 31.7 Å². The highest BCUT2D eigenvalue weighted by Gasteiger charge is 2.18. The molecule has 0 amide bonds. The van der Waals surface area contributed by atoms with Crippen LogP contribution in [0.25, 0.3) is 0 Å². The molecule has 0 aliphatic carbocycles. The monoisotopic (exact) mass is 353 g/mol. The standard InChI is InChI=1S/C16H20FN3O3S/c1-5-23-14-7-6-12(8-13(14)17)10(2)19-16-15(24(4,21)22)9-18-11(3)20-16/h6-10H,5H2,1-4H3,(H,18,19,20)/t10-/m1/s1. The first-order valence-electron chi connectivity index (χ1n) is 7.45. The number of benzene rings is 1. The Hall–Kier alpha value is -2.22. The summed E-state index contributed by atoms with van der Waals surface area (Å²) in [7, 11) is -3.48. The fourth-order valence-corrected chi connectivity index (χ4v) is 2.88. The molecule has 1 heterocycles. The number of ether oxygens (including phenoxy) is 1. The van der Waals surface area contributed by atoms with Crippen LogP contribution in [0.5, 0.6) is 5.75 Å². The minimum Gasteiger partial charge on any atom is -0.491 e. The first-order chi connectivity index (χ1) is 11.2. The van der Waals surface area contributed by atoms with Gasteiger partial charge in [-0.05, 0) is 38.5 Å². The van der Waals surface area contributed by atoms with Crippen LogP contribution in [0, 0.1) is 12.7 Å². The maximum Gasteiger partial charge on any atom is 0.180 e. The van der Waals surface area contributed by atoms with Gasteiger partial charge in [-0.15, -0.1) is 0 Å². The third-order valence-electron chi connectivity index (χ3n) is 3.38. The van der Waals surface area contributed by atoms with Gasteiger partial charge in [-0.1, -0.05) is 6.07 Å². The van der Waals surface area contributed by atoms with E-state index in [2.05, 4.69) is 15.3 Å². The number of sulfone groups is 1. The number of nitrogens with zero attached hydrogens (tertiary/aromatic N) is 2. The number of rotatable bonds is 6. The Balaban J connectivity index is 2.32. The normalized spacial score (nSPS) is 12.7. The van der Waals surface area contributed by atoms with Gasteiger partial charge in [0, 0.05) is 6.26 Å². The van der Waals surface area contributed by atoms with E-state index in [-0.39, 0.29) is 22.5 Å². The Morgan fingerprint density at radius 1 is 1.38 bits per heavy atom. The molecule has 6 nitrogen and oxygen atoms in total. The summed E-state index contributed by atoms with van der Waals surface area (Å²) in [5.74, 6) is 0.357. The molecule has 24 heavy (non-hydrogen) atoms. The lowest BCUT2D eigenvalue weighted by atomic mass is 10.1. The lowest BCUT2D eigenvalue weighted by molar-refractivity contribution is 0.321. The van der Waals surface area contributed by atoms with Crippen molar-refractivity contribution in [1.82, 2.24) is 9.97 Å². The number of nitrogens with one attached hydrogen (secondary N) is 1. The molecule has 1 aromatic heterocycles. The molecule has 1 N–H and O–H groups in total. The highest BCUT2D eigenvalue weighted by atomic mass is 32.2. The average Bonchev–Trinajstić information content (AvgIpc) is 2.48. The van der Waals surface area contributed by atoms with Crippen molar-refractivity contribution in [3.63, 3.8) is 0 Å². The lowest BCUT2D eigenvalue weighted by Gasteiger charge is -2.18. The Labute approximate surface area is 141 Å². The second kappa shape index (κ2) is 7.12. The Morgan fingerprint density at radius 3 is 2.67 bits per heavy atom. The lowest BCUT2D eigenvalue weighted by Crippen LogP contribution is -2.13. The zero-order valence-electron chi connectivity index (χ0n) is 14.0. The van der Waals surface area contributed by atoms with Gasteiger partial charge >= 0.3 is 0 Å². The summed E-state index contributed by atoms with van der Waals surface area (Å²) in [5, 5.41) is 3.02. The molecule has 130 valence electrons. The van der Waals surface area contributed by atoms with Gasteiger partial charge in [0.2, 0.25) is 0 Å². The van der Waals surface area contributed by atoms with Crippen LogP contribution in [-0.2, 0) is 9.84 Å². The van der Waals surface area contributed by atoms with E-state index in [1.807, 2.05) is 0 Å². The van der Waals surface area contributed by atoms with E-state index in [4.69, 9.17) is 4.74 Å². The molecule has 0 unspecified atom stereocenters. The van der Waals surface area contributed by atoms with Crippen LogP contribution in [0.15, 0.2) is 29.3 Å². The fraction of sp³-hybridized carbons (Fsp3) is 0.375. The van der Waals surface area contributed by atoms with Crippen LogP contribution >= 0.6 is 0 Å². The van der Waals surface area contributed by atoms with Gasteiger partial charge in [-0.3, -0.25) is 0 Å². The molecule has 0 saturated heterocycles. The smallest absolute Gasteiger partial charge is 0.180 e. The summed E-state index contributed by atoms with van der Waals surface area (Å²) >= 11 is 0.